The SMILES string of the molecule is Fc1ccc(-c2nn([C@@H]3CCOC[C@@H]3F)cc2-c2ncnc3oc(-c4ccccc4)cc23)cc1. The van der Waals surface area contributed by atoms with Gasteiger partial charge in [0.15, 0.2) is 0 Å². The lowest BCUT2D eigenvalue weighted by Gasteiger charge is -2.26. The fourth-order valence-corrected chi connectivity index (χ4v) is 4.36. The van der Waals surface area contributed by atoms with E-state index in [1.807, 2.05) is 36.4 Å². The number of ether oxygens (including phenoxy) is 1. The molecule has 0 amide bonds. The van der Waals surface area contributed by atoms with E-state index in [1.54, 1.807) is 23.0 Å². The lowest BCUT2D eigenvalue weighted by atomic mass is 10.0. The van der Waals surface area contributed by atoms with Gasteiger partial charge in [0.1, 0.15) is 29.8 Å². The number of alkyl halides is 1. The van der Waals surface area contributed by atoms with Crippen molar-refractivity contribution in [3.8, 4) is 33.8 Å². The highest BCUT2D eigenvalue weighted by molar-refractivity contribution is 5.95. The third-order valence-corrected chi connectivity index (χ3v) is 6.08. The molecule has 0 aliphatic carbocycles. The van der Waals surface area contributed by atoms with Gasteiger partial charge in [-0.15, -0.1) is 0 Å². The number of fused-ring (bicyclic) bond motifs is 1. The highest BCUT2D eigenvalue weighted by atomic mass is 19.1. The fourth-order valence-electron chi connectivity index (χ4n) is 4.36. The maximum absolute atomic E-state index is 14.7. The molecule has 2 aromatic carbocycles. The molecule has 8 heteroatoms. The molecule has 6 nitrogen and oxygen atoms in total. The topological polar surface area (TPSA) is 66.0 Å². The molecule has 6 rings (SSSR count). The molecule has 3 aromatic heterocycles. The Kier molecular flexibility index (Phi) is 5.15. The number of benzene rings is 2. The van der Waals surface area contributed by atoms with Crippen molar-refractivity contribution >= 4 is 11.1 Å². The molecule has 0 spiro atoms. The van der Waals surface area contributed by atoms with Crippen molar-refractivity contribution in [1.82, 2.24) is 19.7 Å². The summed E-state index contributed by atoms with van der Waals surface area (Å²) in [6, 6.07) is 17.3. The number of aromatic nitrogens is 4. The van der Waals surface area contributed by atoms with Gasteiger partial charge < -0.3 is 9.15 Å². The number of furan rings is 1. The van der Waals surface area contributed by atoms with Crippen LogP contribution >= 0.6 is 0 Å². The van der Waals surface area contributed by atoms with Gasteiger partial charge in [-0.25, -0.2) is 18.7 Å². The van der Waals surface area contributed by atoms with E-state index in [-0.39, 0.29) is 12.4 Å². The number of hydrogen-bond acceptors (Lipinski definition) is 5. The Morgan fingerprint density at radius 3 is 2.56 bits per heavy atom. The zero-order valence-corrected chi connectivity index (χ0v) is 18.1. The quantitative estimate of drug-likeness (QED) is 0.338. The van der Waals surface area contributed by atoms with Crippen molar-refractivity contribution in [2.24, 2.45) is 0 Å². The number of hydrogen-bond donors (Lipinski definition) is 0. The maximum Gasteiger partial charge on any atom is 0.230 e. The molecule has 2 atom stereocenters. The first-order valence-corrected chi connectivity index (χ1v) is 11.0. The minimum absolute atomic E-state index is 0.0334. The molecule has 0 saturated carbocycles. The second-order valence-corrected chi connectivity index (χ2v) is 8.24. The number of nitrogens with zero attached hydrogens (tertiary/aromatic N) is 4. The monoisotopic (exact) mass is 458 g/mol. The highest BCUT2D eigenvalue weighted by Gasteiger charge is 2.30. The van der Waals surface area contributed by atoms with E-state index < -0.39 is 12.2 Å². The zero-order valence-electron chi connectivity index (χ0n) is 18.1. The van der Waals surface area contributed by atoms with Crippen molar-refractivity contribution in [3.63, 3.8) is 0 Å². The van der Waals surface area contributed by atoms with E-state index in [0.717, 1.165) is 5.56 Å². The lowest BCUT2D eigenvalue weighted by Crippen LogP contribution is -2.31. The summed E-state index contributed by atoms with van der Waals surface area (Å²) in [6.07, 6.45) is 2.58. The lowest BCUT2D eigenvalue weighted by molar-refractivity contribution is -0.0000570. The summed E-state index contributed by atoms with van der Waals surface area (Å²) in [5, 5.41) is 5.46. The van der Waals surface area contributed by atoms with E-state index in [4.69, 9.17) is 14.3 Å². The normalized spacial score (nSPS) is 18.4. The Balaban J connectivity index is 1.53. The molecular formula is C26H20F2N4O2. The number of halogens is 2. The van der Waals surface area contributed by atoms with Gasteiger partial charge in [-0.3, -0.25) is 4.68 Å². The van der Waals surface area contributed by atoms with Crippen molar-refractivity contribution in [1.29, 1.82) is 0 Å². The van der Waals surface area contributed by atoms with Gasteiger partial charge in [-0.1, -0.05) is 30.3 Å². The number of rotatable bonds is 4. The van der Waals surface area contributed by atoms with Gasteiger partial charge in [0, 0.05) is 29.5 Å². The fraction of sp³-hybridized carbons (Fsp3) is 0.192. The van der Waals surface area contributed by atoms with Gasteiger partial charge in [-0.2, -0.15) is 5.10 Å². The highest BCUT2D eigenvalue weighted by Crippen LogP contribution is 2.38. The Hall–Kier alpha value is -3.91. The van der Waals surface area contributed by atoms with Crippen LogP contribution in [0.3, 0.4) is 0 Å². The van der Waals surface area contributed by atoms with Gasteiger partial charge in [0.2, 0.25) is 5.71 Å². The summed E-state index contributed by atoms with van der Waals surface area (Å²) in [5.41, 5.74) is 3.96. The average Bonchev–Trinajstić information content (AvgIpc) is 3.50. The van der Waals surface area contributed by atoms with Crippen LogP contribution in [0.4, 0.5) is 8.78 Å². The van der Waals surface area contributed by atoms with Crippen molar-refractivity contribution in [2.75, 3.05) is 13.2 Å². The van der Waals surface area contributed by atoms with Crippen molar-refractivity contribution in [2.45, 2.75) is 18.6 Å². The summed E-state index contributed by atoms with van der Waals surface area (Å²) in [6.45, 7) is 0.498. The third-order valence-electron chi connectivity index (χ3n) is 6.08. The standard InChI is InChI=1S/C26H20F2N4O2/c27-18-8-6-17(7-9-18)24-20(13-32(31-24)22-10-11-33-14-21(22)28)25-19-12-23(16-4-2-1-3-5-16)34-26(19)30-15-29-25/h1-9,12-13,15,21-22H,10-11,14H2/t21-,22+/m0/s1. The molecule has 1 aliphatic heterocycles. The van der Waals surface area contributed by atoms with Crippen LogP contribution < -0.4 is 0 Å². The van der Waals surface area contributed by atoms with Crippen LogP contribution in [0.15, 0.2) is 77.6 Å². The molecule has 5 aromatic rings. The van der Waals surface area contributed by atoms with Crippen LogP contribution in [0.5, 0.6) is 0 Å². The molecule has 4 heterocycles. The second kappa shape index (κ2) is 8.46. The van der Waals surface area contributed by atoms with E-state index in [9.17, 15) is 8.78 Å². The molecule has 0 N–H and O–H groups in total. The molecule has 1 aliphatic rings. The molecule has 0 bridgehead atoms. The van der Waals surface area contributed by atoms with Gasteiger partial charge in [0.25, 0.3) is 0 Å². The maximum atomic E-state index is 14.7. The Morgan fingerprint density at radius 1 is 0.941 bits per heavy atom. The minimum Gasteiger partial charge on any atom is -0.438 e. The first-order valence-electron chi connectivity index (χ1n) is 11.0. The molecule has 0 radical (unpaired) electrons. The molecule has 170 valence electrons. The second-order valence-electron chi connectivity index (χ2n) is 8.24. The van der Waals surface area contributed by atoms with E-state index >= 15 is 0 Å². The molecule has 1 saturated heterocycles. The third kappa shape index (κ3) is 3.66. The Morgan fingerprint density at radius 2 is 1.76 bits per heavy atom. The van der Waals surface area contributed by atoms with E-state index in [0.29, 0.717) is 52.4 Å². The summed E-state index contributed by atoms with van der Waals surface area (Å²) >= 11 is 0. The van der Waals surface area contributed by atoms with Crippen LogP contribution in [0.2, 0.25) is 0 Å². The van der Waals surface area contributed by atoms with Gasteiger partial charge in [0.05, 0.1) is 23.7 Å². The van der Waals surface area contributed by atoms with Gasteiger partial charge in [-0.05, 0) is 36.8 Å². The molecule has 34 heavy (non-hydrogen) atoms. The first kappa shape index (κ1) is 20.7. The van der Waals surface area contributed by atoms with E-state index in [2.05, 4.69) is 9.97 Å². The summed E-state index contributed by atoms with van der Waals surface area (Å²) in [5.74, 6) is 0.325. The smallest absolute Gasteiger partial charge is 0.230 e. The van der Waals surface area contributed by atoms with Crippen molar-refractivity contribution in [3.05, 3.63) is 79.0 Å². The van der Waals surface area contributed by atoms with Crippen LogP contribution in [-0.2, 0) is 4.74 Å². The largest absolute Gasteiger partial charge is 0.438 e. The molecule has 1 fully saturated rings. The van der Waals surface area contributed by atoms with Crippen LogP contribution in [0, 0.1) is 5.82 Å². The molecule has 0 unspecified atom stereocenters. The predicted molar refractivity (Wildman–Crippen MR) is 123 cm³/mol. The Bertz CT molecular complexity index is 1450. The summed E-state index contributed by atoms with van der Waals surface area (Å²) < 4.78 is 41.2. The van der Waals surface area contributed by atoms with Crippen LogP contribution in [0.25, 0.3) is 44.9 Å². The van der Waals surface area contributed by atoms with Crippen LogP contribution in [-0.4, -0.2) is 39.1 Å². The van der Waals surface area contributed by atoms with Gasteiger partial charge >= 0.3 is 0 Å². The van der Waals surface area contributed by atoms with Crippen molar-refractivity contribution < 1.29 is 17.9 Å². The zero-order chi connectivity index (χ0) is 23.1. The Labute approximate surface area is 193 Å². The summed E-state index contributed by atoms with van der Waals surface area (Å²) in [7, 11) is 0. The average molecular weight is 458 g/mol. The minimum atomic E-state index is -1.17. The molecular weight excluding hydrogens is 438 g/mol. The summed E-state index contributed by atoms with van der Waals surface area (Å²) in [4.78, 5) is 8.85. The first-order chi connectivity index (χ1) is 16.7. The van der Waals surface area contributed by atoms with Crippen LogP contribution in [0.1, 0.15) is 12.5 Å². The predicted octanol–water partition coefficient (Wildman–Crippen LogP) is 5.86. The van der Waals surface area contributed by atoms with E-state index in [1.165, 1.54) is 18.5 Å².